The first-order valence-electron chi connectivity index (χ1n) is 3.94. The number of halogens is 1. The third-order valence-corrected chi connectivity index (χ3v) is 1.48. The molecule has 0 aliphatic heterocycles. The molecule has 0 saturated carbocycles. The second kappa shape index (κ2) is 4.83. The summed E-state index contributed by atoms with van der Waals surface area (Å²) < 4.78 is 13.3. The molecule has 0 amide bonds. The van der Waals surface area contributed by atoms with Crippen LogP contribution in [0.4, 0.5) is 4.39 Å². The first-order valence-corrected chi connectivity index (χ1v) is 3.94. The summed E-state index contributed by atoms with van der Waals surface area (Å²) in [4.78, 5) is 0. The minimum Gasteiger partial charge on any atom is -0.329 e. The summed E-state index contributed by atoms with van der Waals surface area (Å²) in [6, 6.07) is 7.53. The van der Waals surface area contributed by atoms with Gasteiger partial charge in [0.25, 0.3) is 0 Å². The van der Waals surface area contributed by atoms with Gasteiger partial charge >= 0.3 is 19.5 Å². The van der Waals surface area contributed by atoms with Gasteiger partial charge in [-0.2, -0.15) is 12.1 Å². The molecular formula is C10H14FNRu+. The van der Waals surface area contributed by atoms with Gasteiger partial charge in [-0.3, -0.25) is 4.39 Å². The van der Waals surface area contributed by atoms with E-state index in [1.54, 1.807) is 6.07 Å². The zero-order valence-electron chi connectivity index (χ0n) is 8.12. The Kier molecular flexibility index (Phi) is 4.73. The van der Waals surface area contributed by atoms with Crippen LogP contribution >= 0.6 is 0 Å². The topological polar surface area (TPSA) is 0 Å². The van der Waals surface area contributed by atoms with Crippen molar-refractivity contribution in [2.45, 2.75) is 6.54 Å². The van der Waals surface area contributed by atoms with Crippen LogP contribution in [0.25, 0.3) is 0 Å². The largest absolute Gasteiger partial charge is 1.00 e. The van der Waals surface area contributed by atoms with E-state index in [1.807, 2.05) is 0 Å². The number of hydrogen-bond donors (Lipinski definition) is 0. The van der Waals surface area contributed by atoms with Crippen molar-refractivity contribution in [3.8, 4) is 0 Å². The molecule has 0 atom stereocenters. The molecule has 0 unspecified atom stereocenters. The monoisotopic (exact) mass is 269 g/mol. The fraction of sp³-hybridized carbons (Fsp3) is 0.400. The van der Waals surface area contributed by atoms with Gasteiger partial charge in [-0.1, -0.05) is 0 Å². The standard InChI is InChI=1S/C10H14FN.Ru/c1-12(2,3)8-9-4-6-10(11)7-5-9;/h4,6-7H,8H2,1-3H3;/q;+1. The third-order valence-electron chi connectivity index (χ3n) is 1.48. The summed E-state index contributed by atoms with van der Waals surface area (Å²) in [5, 5.41) is 0. The van der Waals surface area contributed by atoms with E-state index >= 15 is 0 Å². The molecule has 1 rings (SSSR count). The Balaban J connectivity index is 0.00000144. The second-order valence-corrected chi connectivity index (χ2v) is 3.98. The molecule has 1 aromatic rings. The molecule has 0 bridgehead atoms. The van der Waals surface area contributed by atoms with Crippen LogP contribution in [0.1, 0.15) is 5.56 Å². The van der Waals surface area contributed by atoms with Gasteiger partial charge in [0.1, 0.15) is 0 Å². The van der Waals surface area contributed by atoms with Crippen molar-refractivity contribution in [2.24, 2.45) is 0 Å². The fourth-order valence-electron chi connectivity index (χ4n) is 1.05. The number of nitrogens with zero attached hydrogens (tertiary/aromatic N) is 1. The Hall–Kier alpha value is -0.267. The van der Waals surface area contributed by atoms with Gasteiger partial charge in [-0.25, -0.2) is 0 Å². The summed E-state index contributed by atoms with van der Waals surface area (Å²) >= 11 is 0. The van der Waals surface area contributed by atoms with Crippen LogP contribution in [0.5, 0.6) is 0 Å². The Morgan fingerprint density at radius 1 is 1.31 bits per heavy atom. The van der Waals surface area contributed by atoms with Crippen molar-refractivity contribution in [3.05, 3.63) is 35.6 Å². The molecule has 0 heterocycles. The van der Waals surface area contributed by atoms with E-state index < -0.39 is 0 Å². The molecule has 0 aliphatic carbocycles. The van der Waals surface area contributed by atoms with Crippen LogP contribution in [0, 0.1) is 11.9 Å². The summed E-state index contributed by atoms with van der Waals surface area (Å²) in [6.07, 6.45) is 0. The van der Waals surface area contributed by atoms with Crippen LogP contribution < -0.4 is 0 Å². The zero-order valence-corrected chi connectivity index (χ0v) is 9.86. The van der Waals surface area contributed by atoms with Gasteiger partial charge in [0.2, 0.25) is 0 Å². The molecule has 0 saturated heterocycles. The summed E-state index contributed by atoms with van der Waals surface area (Å²) in [5.41, 5.74) is 1.05. The summed E-state index contributed by atoms with van der Waals surface area (Å²) in [6.45, 7) is 0.875. The third kappa shape index (κ3) is 5.12. The second-order valence-electron chi connectivity index (χ2n) is 3.98. The molecule has 73 valence electrons. The molecule has 0 fully saturated rings. The minimum atomic E-state index is -0.222. The number of hydrogen-bond acceptors (Lipinski definition) is 0. The predicted octanol–water partition coefficient (Wildman–Crippen LogP) is 1.83. The van der Waals surface area contributed by atoms with Crippen molar-refractivity contribution in [2.75, 3.05) is 21.1 Å². The van der Waals surface area contributed by atoms with E-state index in [4.69, 9.17) is 0 Å². The van der Waals surface area contributed by atoms with E-state index in [1.165, 1.54) is 12.1 Å². The molecular weight excluding hydrogens is 254 g/mol. The van der Waals surface area contributed by atoms with Crippen molar-refractivity contribution in [1.29, 1.82) is 0 Å². The molecule has 3 heteroatoms. The normalized spacial score (nSPS) is 10.8. The van der Waals surface area contributed by atoms with Gasteiger partial charge in [0.15, 0.2) is 0 Å². The Labute approximate surface area is 91.9 Å². The van der Waals surface area contributed by atoms with Crippen molar-refractivity contribution < 1.29 is 28.4 Å². The van der Waals surface area contributed by atoms with Crippen LogP contribution in [0.15, 0.2) is 18.2 Å². The van der Waals surface area contributed by atoms with E-state index in [2.05, 4.69) is 27.2 Å². The minimum absolute atomic E-state index is 0. The van der Waals surface area contributed by atoms with Gasteiger partial charge in [-0.05, 0) is 0 Å². The van der Waals surface area contributed by atoms with E-state index in [0.29, 0.717) is 0 Å². The molecule has 0 spiro atoms. The SMILES string of the molecule is C[N+](C)(C)Cc1[c-]cc(F)cc1.[Ru+]. The first-order chi connectivity index (χ1) is 5.47. The van der Waals surface area contributed by atoms with E-state index in [9.17, 15) is 4.39 Å². The fourth-order valence-corrected chi connectivity index (χ4v) is 1.05. The molecule has 0 aromatic heterocycles. The maximum atomic E-state index is 12.5. The number of benzene rings is 1. The smallest absolute Gasteiger partial charge is 0.329 e. The molecule has 1 aromatic carbocycles. The van der Waals surface area contributed by atoms with E-state index in [-0.39, 0.29) is 25.3 Å². The first kappa shape index (κ1) is 12.7. The molecule has 1 radical (unpaired) electrons. The van der Waals surface area contributed by atoms with Crippen molar-refractivity contribution in [3.63, 3.8) is 0 Å². The zero-order chi connectivity index (χ0) is 9.19. The van der Waals surface area contributed by atoms with Crippen LogP contribution in [0.3, 0.4) is 0 Å². The predicted molar refractivity (Wildman–Crippen MR) is 47.0 cm³/mol. The Morgan fingerprint density at radius 3 is 2.31 bits per heavy atom. The number of rotatable bonds is 2. The Bertz CT molecular complexity index is 251. The number of quaternary nitrogens is 1. The molecule has 0 aliphatic rings. The quantitative estimate of drug-likeness (QED) is 0.436. The summed E-state index contributed by atoms with van der Waals surface area (Å²) in [5.74, 6) is -0.222. The van der Waals surface area contributed by atoms with Gasteiger partial charge in [-0.15, -0.1) is 17.7 Å². The summed E-state index contributed by atoms with van der Waals surface area (Å²) in [7, 11) is 6.28. The molecule has 1 nitrogen and oxygen atoms in total. The maximum Gasteiger partial charge on any atom is 1.00 e. The van der Waals surface area contributed by atoms with Crippen molar-refractivity contribution >= 4 is 0 Å². The Morgan fingerprint density at radius 2 is 1.92 bits per heavy atom. The van der Waals surface area contributed by atoms with Gasteiger partial charge in [0.05, 0.1) is 27.7 Å². The van der Waals surface area contributed by atoms with Crippen molar-refractivity contribution in [1.82, 2.24) is 0 Å². The van der Waals surface area contributed by atoms with Crippen LogP contribution in [-0.2, 0) is 26.0 Å². The van der Waals surface area contributed by atoms with Gasteiger partial charge in [0, 0.05) is 5.82 Å². The molecule has 13 heavy (non-hydrogen) atoms. The average molecular weight is 268 g/mol. The molecule has 0 N–H and O–H groups in total. The van der Waals surface area contributed by atoms with Gasteiger partial charge < -0.3 is 4.48 Å². The maximum absolute atomic E-state index is 12.5. The van der Waals surface area contributed by atoms with E-state index in [0.717, 1.165) is 16.6 Å². The average Bonchev–Trinajstić information content (AvgIpc) is 1.91. The van der Waals surface area contributed by atoms with Crippen LogP contribution in [0.2, 0.25) is 0 Å². The van der Waals surface area contributed by atoms with Crippen LogP contribution in [-0.4, -0.2) is 25.6 Å².